The van der Waals surface area contributed by atoms with E-state index >= 15 is 0 Å². The molecule has 0 saturated carbocycles. The summed E-state index contributed by atoms with van der Waals surface area (Å²) >= 11 is 0. The van der Waals surface area contributed by atoms with Crippen LogP contribution in [0.25, 0.3) is 111 Å². The number of hydrogen-bond donors (Lipinski definition) is 0. The lowest BCUT2D eigenvalue weighted by Crippen LogP contribution is -2.14. The van der Waals surface area contributed by atoms with E-state index in [-0.39, 0.29) is 5.41 Å². The molecule has 0 amide bonds. The molecule has 13 rings (SSSR count). The van der Waals surface area contributed by atoms with Gasteiger partial charge < -0.3 is 9.13 Å². The second kappa shape index (κ2) is 14.4. The first-order valence-corrected chi connectivity index (χ1v) is 22.7. The van der Waals surface area contributed by atoms with Gasteiger partial charge in [0.15, 0.2) is 0 Å². The second-order valence-electron chi connectivity index (χ2n) is 18.1. The normalized spacial score (nSPS) is 12.9. The largest absolute Gasteiger partial charge is 0.309 e. The highest BCUT2D eigenvalue weighted by molar-refractivity contribution is 6.14. The summed E-state index contributed by atoms with van der Waals surface area (Å²) in [7, 11) is 0. The standard InChI is InChI=1S/C63H44N2/c1-63(2)57-21-13-12-20-51(57)52-39-56-55-38-48(28-35-61(55)65(62(56)40-58(52)63)50-31-24-45(25-32-50)42-16-8-4-9-17-42)47-27-34-60-54(37-47)53-36-46(43-18-10-5-11-19-43)26-33-59(53)64(60)49-29-22-44(23-30-49)41-14-6-3-7-15-41/h3-40H,1-2H3. The quantitative estimate of drug-likeness (QED) is 0.158. The Morgan fingerprint density at radius 3 is 1.09 bits per heavy atom. The molecule has 0 bridgehead atoms. The van der Waals surface area contributed by atoms with E-state index in [0.29, 0.717) is 0 Å². The molecular weight excluding hydrogens is 785 g/mol. The Morgan fingerprint density at radius 2 is 0.615 bits per heavy atom. The fourth-order valence-corrected chi connectivity index (χ4v) is 10.8. The molecule has 306 valence electrons. The zero-order chi connectivity index (χ0) is 43.2. The Morgan fingerprint density at radius 1 is 0.262 bits per heavy atom. The fraction of sp³-hybridized carbons (Fsp3) is 0.0476. The summed E-state index contributed by atoms with van der Waals surface area (Å²) in [4.78, 5) is 0. The molecule has 1 aliphatic rings. The molecule has 1 aliphatic carbocycles. The van der Waals surface area contributed by atoms with Crippen LogP contribution in [0.1, 0.15) is 25.0 Å². The third-order valence-corrected chi connectivity index (χ3v) is 14.1. The van der Waals surface area contributed by atoms with E-state index in [9.17, 15) is 0 Å². The van der Waals surface area contributed by atoms with Crippen LogP contribution in [0.2, 0.25) is 0 Å². The van der Waals surface area contributed by atoms with Crippen molar-refractivity contribution in [1.29, 1.82) is 0 Å². The van der Waals surface area contributed by atoms with Crippen molar-refractivity contribution < 1.29 is 0 Å². The smallest absolute Gasteiger partial charge is 0.0544 e. The Bertz CT molecular complexity index is 3800. The van der Waals surface area contributed by atoms with Crippen LogP contribution >= 0.6 is 0 Å². The number of aromatic nitrogens is 2. The molecule has 12 aromatic rings. The van der Waals surface area contributed by atoms with Gasteiger partial charge in [-0.25, -0.2) is 0 Å². The monoisotopic (exact) mass is 828 g/mol. The van der Waals surface area contributed by atoms with Crippen LogP contribution in [0.15, 0.2) is 231 Å². The van der Waals surface area contributed by atoms with Crippen LogP contribution in [0, 0.1) is 0 Å². The van der Waals surface area contributed by atoms with E-state index < -0.39 is 0 Å². The summed E-state index contributed by atoms with van der Waals surface area (Å²) < 4.78 is 4.91. The summed E-state index contributed by atoms with van der Waals surface area (Å²) in [6.45, 7) is 4.75. The van der Waals surface area contributed by atoms with Gasteiger partial charge in [0.05, 0.1) is 22.1 Å². The summed E-state index contributed by atoms with van der Waals surface area (Å²) in [6, 6.07) is 85.1. The maximum absolute atomic E-state index is 2.48. The molecule has 2 heterocycles. The highest BCUT2D eigenvalue weighted by Gasteiger charge is 2.36. The van der Waals surface area contributed by atoms with Crippen molar-refractivity contribution in [3.63, 3.8) is 0 Å². The van der Waals surface area contributed by atoms with Gasteiger partial charge in [0.2, 0.25) is 0 Å². The molecular formula is C63H44N2. The van der Waals surface area contributed by atoms with Gasteiger partial charge in [0.1, 0.15) is 0 Å². The molecule has 65 heavy (non-hydrogen) atoms. The van der Waals surface area contributed by atoms with Gasteiger partial charge in [0.25, 0.3) is 0 Å². The van der Waals surface area contributed by atoms with Crippen molar-refractivity contribution >= 4 is 43.6 Å². The molecule has 0 radical (unpaired) electrons. The Balaban J connectivity index is 1.00. The Hall–Kier alpha value is -8.20. The molecule has 2 nitrogen and oxygen atoms in total. The van der Waals surface area contributed by atoms with Gasteiger partial charge in [0, 0.05) is 38.3 Å². The first kappa shape index (κ1) is 37.4. The van der Waals surface area contributed by atoms with Gasteiger partial charge in [-0.2, -0.15) is 0 Å². The predicted octanol–water partition coefficient (Wildman–Crippen LogP) is 16.9. The van der Waals surface area contributed by atoms with Crippen LogP contribution in [0.4, 0.5) is 0 Å². The van der Waals surface area contributed by atoms with Crippen LogP contribution in [-0.4, -0.2) is 9.13 Å². The minimum absolute atomic E-state index is 0.109. The molecule has 0 N–H and O–H groups in total. The number of benzene rings is 10. The third-order valence-electron chi connectivity index (χ3n) is 14.1. The minimum Gasteiger partial charge on any atom is -0.309 e. The van der Waals surface area contributed by atoms with Crippen molar-refractivity contribution in [2.45, 2.75) is 19.3 Å². The molecule has 0 unspecified atom stereocenters. The van der Waals surface area contributed by atoms with Gasteiger partial charge in [-0.05, 0) is 140 Å². The zero-order valence-corrected chi connectivity index (χ0v) is 36.3. The lowest BCUT2D eigenvalue weighted by atomic mass is 9.82. The van der Waals surface area contributed by atoms with E-state index in [1.165, 1.54) is 110 Å². The van der Waals surface area contributed by atoms with E-state index in [4.69, 9.17) is 0 Å². The van der Waals surface area contributed by atoms with Crippen LogP contribution in [0.3, 0.4) is 0 Å². The van der Waals surface area contributed by atoms with E-state index in [2.05, 4.69) is 254 Å². The molecule has 2 aromatic heterocycles. The maximum atomic E-state index is 2.48. The molecule has 0 spiro atoms. The third kappa shape index (κ3) is 5.88. The van der Waals surface area contributed by atoms with Crippen LogP contribution < -0.4 is 0 Å². The van der Waals surface area contributed by atoms with Crippen molar-refractivity contribution in [1.82, 2.24) is 9.13 Å². The first-order valence-electron chi connectivity index (χ1n) is 22.7. The SMILES string of the molecule is CC1(C)c2ccccc2-c2cc3c4cc(-c5ccc6c(c5)c5cc(-c7ccccc7)ccc5n6-c5ccc(-c6ccccc6)cc5)ccc4n(-c4ccc(-c5ccccc5)cc4)c3cc21. The molecule has 0 atom stereocenters. The maximum Gasteiger partial charge on any atom is 0.0544 e. The lowest BCUT2D eigenvalue weighted by molar-refractivity contribution is 0.661. The molecule has 0 saturated heterocycles. The van der Waals surface area contributed by atoms with Gasteiger partial charge in [-0.3, -0.25) is 0 Å². The van der Waals surface area contributed by atoms with E-state index in [0.717, 1.165) is 11.4 Å². The summed E-state index contributed by atoms with van der Waals surface area (Å²) in [5, 5.41) is 5.00. The minimum atomic E-state index is -0.109. The van der Waals surface area contributed by atoms with Crippen LogP contribution in [0.5, 0.6) is 0 Å². The van der Waals surface area contributed by atoms with E-state index in [1.54, 1.807) is 0 Å². The average Bonchev–Trinajstić information content (AvgIpc) is 3.95. The van der Waals surface area contributed by atoms with E-state index in [1.807, 2.05) is 0 Å². The molecule has 0 fully saturated rings. The van der Waals surface area contributed by atoms with Crippen molar-refractivity contribution in [3.8, 4) is 67.0 Å². The highest BCUT2D eigenvalue weighted by atomic mass is 15.0. The summed E-state index contributed by atoms with van der Waals surface area (Å²) in [6.07, 6.45) is 0. The number of rotatable bonds is 6. The lowest BCUT2D eigenvalue weighted by Gasteiger charge is -2.21. The van der Waals surface area contributed by atoms with Gasteiger partial charge >= 0.3 is 0 Å². The topological polar surface area (TPSA) is 9.86 Å². The fourth-order valence-electron chi connectivity index (χ4n) is 10.8. The Kier molecular flexibility index (Phi) is 8.29. The molecule has 0 aliphatic heterocycles. The predicted molar refractivity (Wildman–Crippen MR) is 274 cm³/mol. The number of hydrogen-bond acceptors (Lipinski definition) is 0. The van der Waals surface area contributed by atoms with Gasteiger partial charge in [-0.1, -0.05) is 172 Å². The second-order valence-corrected chi connectivity index (χ2v) is 18.1. The van der Waals surface area contributed by atoms with Crippen molar-refractivity contribution in [3.05, 3.63) is 242 Å². The highest BCUT2D eigenvalue weighted by Crippen LogP contribution is 2.51. The Labute approximate surface area is 378 Å². The number of nitrogens with zero attached hydrogens (tertiary/aromatic N) is 2. The van der Waals surface area contributed by atoms with Gasteiger partial charge in [-0.15, -0.1) is 0 Å². The molecule has 2 heteroatoms. The zero-order valence-electron chi connectivity index (χ0n) is 36.3. The van der Waals surface area contributed by atoms with Crippen LogP contribution in [-0.2, 0) is 5.41 Å². The molecule has 10 aromatic carbocycles. The number of fused-ring (bicyclic) bond motifs is 9. The van der Waals surface area contributed by atoms with Crippen molar-refractivity contribution in [2.24, 2.45) is 0 Å². The average molecular weight is 829 g/mol. The summed E-state index contributed by atoms with van der Waals surface area (Å²) in [5.74, 6) is 0. The van der Waals surface area contributed by atoms with Crippen molar-refractivity contribution in [2.75, 3.05) is 0 Å². The first-order chi connectivity index (χ1) is 32.0. The summed E-state index contributed by atoms with van der Waals surface area (Å²) in [5.41, 5.74) is 22.1.